The molecule has 0 saturated heterocycles. The smallest absolute Gasteiger partial charge is 0.301 e. The zero-order valence-electron chi connectivity index (χ0n) is 23.6. The van der Waals surface area contributed by atoms with E-state index in [0.29, 0.717) is 15.6 Å². The van der Waals surface area contributed by atoms with Gasteiger partial charge in [-0.25, -0.2) is 0 Å². The third kappa shape index (κ3) is 8.21. The number of allylic oxidation sites excluding steroid dienone is 5. The van der Waals surface area contributed by atoms with Crippen molar-refractivity contribution < 1.29 is 15.3 Å². The number of phenolic OH excluding ortho intramolecular Hbond substituents is 1. The summed E-state index contributed by atoms with van der Waals surface area (Å²) in [4.78, 5) is 0. The van der Waals surface area contributed by atoms with Gasteiger partial charge in [-0.2, -0.15) is 0 Å². The fraction of sp³-hybridized carbons (Fsp3) is 0.625. The molecule has 8 saturated carbocycles. The molecule has 0 unspecified atom stereocenters. The van der Waals surface area contributed by atoms with Crippen LogP contribution in [0.15, 0.2) is 51.1 Å². The normalized spacial score (nSPS) is 37.3. The lowest BCUT2D eigenvalue weighted by molar-refractivity contribution is -0.124. The van der Waals surface area contributed by atoms with Crippen molar-refractivity contribution in [2.24, 2.45) is 35.5 Å². The minimum atomic E-state index is -0.200. The second-order valence-corrected chi connectivity index (χ2v) is 20.6. The summed E-state index contributed by atoms with van der Waals surface area (Å²) < 4.78 is 1.54. The fourth-order valence-corrected chi connectivity index (χ4v) is 13.2. The van der Waals surface area contributed by atoms with Crippen LogP contribution in [0, 0.1) is 41.6 Å². The van der Waals surface area contributed by atoms with Gasteiger partial charge in [0.25, 0.3) is 0 Å². The summed E-state index contributed by atoms with van der Waals surface area (Å²) in [7, 11) is 3.95. The number of benzene rings is 1. The van der Waals surface area contributed by atoms with Crippen molar-refractivity contribution in [2.75, 3.05) is 0 Å². The van der Waals surface area contributed by atoms with Crippen molar-refractivity contribution in [2.45, 2.75) is 88.1 Å². The Morgan fingerprint density at radius 2 is 1.24 bits per heavy atom. The van der Waals surface area contributed by atoms with E-state index in [4.69, 9.17) is 5.11 Å². The molecule has 228 valence electrons. The van der Waals surface area contributed by atoms with Gasteiger partial charge in [0, 0.05) is 71.0 Å². The van der Waals surface area contributed by atoms with Crippen molar-refractivity contribution in [1.29, 1.82) is 0 Å². The zero-order chi connectivity index (χ0) is 29.9. The van der Waals surface area contributed by atoms with Crippen LogP contribution in [0.5, 0.6) is 5.75 Å². The number of hydrogen-bond donors (Lipinski definition) is 3. The summed E-state index contributed by atoms with van der Waals surface area (Å²) in [5.74, 6) is 6.14. The van der Waals surface area contributed by atoms with E-state index in [9.17, 15) is 10.2 Å². The SMILES string of the molecule is OC12CC3CC(CC(C3)C1)C2.OC1=[C+]C=CC=C1Br.Oc1ccc(C23CC4CC(CC(C4)C2)C3)cc1Br.S=S=S=S=S. The van der Waals surface area contributed by atoms with E-state index in [0.717, 1.165) is 59.2 Å². The highest BCUT2D eigenvalue weighted by atomic mass is 79.9. The highest BCUT2D eigenvalue weighted by Crippen LogP contribution is 2.61. The van der Waals surface area contributed by atoms with Gasteiger partial charge in [0.15, 0.2) is 4.48 Å². The highest BCUT2D eigenvalue weighted by Gasteiger charge is 2.52. The first-order valence-corrected chi connectivity index (χ1v) is 21.8. The van der Waals surface area contributed by atoms with Gasteiger partial charge >= 0.3 is 5.76 Å². The van der Waals surface area contributed by atoms with Crippen molar-refractivity contribution in [3.8, 4) is 5.75 Å². The predicted octanol–water partition coefficient (Wildman–Crippen LogP) is 8.64. The molecule has 10 heteroatoms. The molecule has 3 N–H and O–H groups in total. The molecule has 0 amide bonds. The summed E-state index contributed by atoms with van der Waals surface area (Å²) in [6.07, 6.45) is 24.1. The number of aliphatic hydroxyl groups is 2. The van der Waals surface area contributed by atoms with E-state index in [1.54, 1.807) is 18.2 Å². The number of halogens is 2. The average Bonchev–Trinajstić information content (AvgIpc) is 2.91. The quantitative estimate of drug-likeness (QED) is 0.249. The Balaban J connectivity index is 0.000000126. The van der Waals surface area contributed by atoms with Gasteiger partial charge in [-0.05, 0) is 152 Å². The van der Waals surface area contributed by atoms with Crippen LogP contribution >= 0.6 is 31.9 Å². The number of phenols is 1. The first kappa shape index (κ1) is 33.3. The Bertz CT molecular complexity index is 1270. The van der Waals surface area contributed by atoms with Crippen molar-refractivity contribution in [3.63, 3.8) is 0 Å². The van der Waals surface area contributed by atoms with Crippen LogP contribution in [0.25, 0.3) is 0 Å². The van der Waals surface area contributed by atoms with Crippen LogP contribution in [0.2, 0.25) is 0 Å². The second-order valence-electron chi connectivity index (χ2n) is 13.6. The number of hydrogen-bond acceptors (Lipinski definition) is 5. The molecule has 0 heterocycles. The molecule has 0 spiro atoms. The fourth-order valence-electron chi connectivity index (χ4n) is 9.78. The van der Waals surface area contributed by atoms with Crippen LogP contribution < -0.4 is 0 Å². The molecule has 0 radical (unpaired) electrons. The maximum Gasteiger partial charge on any atom is 0.301 e. The first-order valence-electron chi connectivity index (χ1n) is 14.9. The van der Waals surface area contributed by atoms with Crippen LogP contribution in [0.4, 0.5) is 0 Å². The molecule has 3 nitrogen and oxygen atoms in total. The maximum absolute atomic E-state index is 10.1. The van der Waals surface area contributed by atoms with Crippen LogP contribution in [0.1, 0.15) is 82.6 Å². The molecule has 0 aromatic heterocycles. The van der Waals surface area contributed by atoms with Crippen molar-refractivity contribution in [1.82, 2.24) is 0 Å². The van der Waals surface area contributed by atoms with E-state index < -0.39 is 0 Å². The Kier molecular flexibility index (Phi) is 11.6. The molecule has 0 atom stereocenters. The number of rotatable bonds is 1. The van der Waals surface area contributed by atoms with E-state index in [1.165, 1.54) is 90.0 Å². The van der Waals surface area contributed by atoms with Crippen LogP contribution in [-0.4, -0.2) is 20.9 Å². The number of aromatic hydroxyl groups is 1. The van der Waals surface area contributed by atoms with Crippen molar-refractivity contribution >= 4 is 80.9 Å². The molecule has 1 aromatic rings. The number of aliphatic hydroxyl groups excluding tert-OH is 1. The summed E-state index contributed by atoms with van der Waals surface area (Å²) in [5.41, 5.74) is 1.70. The summed E-state index contributed by atoms with van der Waals surface area (Å²) >= 11 is 15.5. The standard InChI is InChI=1S/C16H19BrO.C10H16O.C6H3BrO.S5/c17-14-6-13(1-2-15(14)18)16-7-10-3-11(8-16)5-12(4-10)9-16;11-10-4-7-1-8(5-10)3-9(2-7)6-10;7-5-3-1-2-4-6(5)8;1-3-5-4-2/h1-2,6,10-12,18H,3-5,7-9H2;7-9,11H,1-6H2;1-3H;/p+1. The Morgan fingerprint density at radius 1 is 0.762 bits per heavy atom. The Morgan fingerprint density at radius 3 is 1.57 bits per heavy atom. The lowest BCUT2D eigenvalue weighted by atomic mass is 9.48. The van der Waals surface area contributed by atoms with E-state index in [-0.39, 0.29) is 11.4 Å². The van der Waals surface area contributed by atoms with E-state index >= 15 is 0 Å². The molecule has 42 heavy (non-hydrogen) atoms. The lowest BCUT2D eigenvalue weighted by Crippen LogP contribution is -2.50. The largest absolute Gasteiger partial charge is 0.507 e. The molecule has 8 bridgehead atoms. The topological polar surface area (TPSA) is 60.7 Å². The highest BCUT2D eigenvalue weighted by molar-refractivity contribution is 9.12. The van der Waals surface area contributed by atoms with E-state index in [1.807, 2.05) is 6.07 Å². The molecule has 10 rings (SSSR count). The van der Waals surface area contributed by atoms with Gasteiger partial charge in [-0.15, -0.1) is 0 Å². The summed E-state index contributed by atoms with van der Waals surface area (Å²) in [6.45, 7) is 0. The summed E-state index contributed by atoms with van der Waals surface area (Å²) in [5, 5.41) is 28.6. The first-order chi connectivity index (χ1) is 20.1. The lowest BCUT2D eigenvalue weighted by Gasteiger charge is -2.57. The van der Waals surface area contributed by atoms with Gasteiger partial charge in [0.1, 0.15) is 11.8 Å². The van der Waals surface area contributed by atoms with Gasteiger partial charge in [0.05, 0.1) is 22.2 Å². The zero-order valence-corrected chi connectivity index (χ0v) is 30.8. The van der Waals surface area contributed by atoms with Crippen LogP contribution in [-0.2, 0) is 54.4 Å². The third-order valence-corrected chi connectivity index (χ3v) is 16.2. The molecule has 9 aliphatic carbocycles. The van der Waals surface area contributed by atoms with Gasteiger partial charge < -0.3 is 15.3 Å². The van der Waals surface area contributed by atoms with E-state index in [2.05, 4.69) is 72.4 Å². The monoisotopic (exact) mass is 789 g/mol. The molecular formula is C32H39Br2O3S5+. The second kappa shape index (κ2) is 14.6. The molecule has 9 aliphatic rings. The molecule has 1 aromatic carbocycles. The predicted molar refractivity (Wildman–Crippen MR) is 191 cm³/mol. The maximum atomic E-state index is 10.1. The van der Waals surface area contributed by atoms with Gasteiger partial charge in [0.2, 0.25) is 0 Å². The molecular weight excluding hydrogens is 752 g/mol. The Hall–Kier alpha value is -0.0300. The van der Waals surface area contributed by atoms with Crippen molar-refractivity contribution in [3.05, 3.63) is 62.8 Å². The minimum Gasteiger partial charge on any atom is -0.507 e. The Labute approximate surface area is 285 Å². The third-order valence-electron chi connectivity index (χ3n) is 10.4. The molecule has 8 fully saturated rings. The average molecular weight is 792 g/mol. The summed E-state index contributed by atoms with van der Waals surface area (Å²) in [6, 6.07) is 6.19. The van der Waals surface area contributed by atoms with Crippen LogP contribution in [0.3, 0.4) is 0 Å². The minimum absolute atomic E-state index is 0.160. The molecule has 0 aliphatic heterocycles. The van der Waals surface area contributed by atoms with Gasteiger partial charge in [-0.3, -0.25) is 0 Å². The van der Waals surface area contributed by atoms with Gasteiger partial charge in [-0.1, -0.05) is 6.07 Å².